The lowest BCUT2D eigenvalue weighted by Gasteiger charge is -2.32. The maximum absolute atomic E-state index is 12.7. The number of hydrogen-bond donors (Lipinski definition) is 1. The monoisotopic (exact) mass is 391 g/mol. The summed E-state index contributed by atoms with van der Waals surface area (Å²) in [5.41, 5.74) is 1.90. The number of sulfonamides is 1. The Bertz CT molecular complexity index is 848. The van der Waals surface area contributed by atoms with Gasteiger partial charge in [0.15, 0.2) is 11.5 Å². The number of ether oxygens (including phenoxy) is 2. The van der Waals surface area contributed by atoms with Crippen molar-refractivity contribution in [2.75, 3.05) is 40.4 Å². The van der Waals surface area contributed by atoms with Crippen LogP contribution in [0.5, 0.6) is 11.5 Å². The van der Waals surface area contributed by atoms with Crippen LogP contribution in [0.4, 0.5) is 0 Å². The van der Waals surface area contributed by atoms with E-state index < -0.39 is 10.0 Å². The molecule has 0 unspecified atom stereocenters. The van der Waals surface area contributed by atoms with Crippen LogP contribution in [0.15, 0.2) is 48.5 Å². The van der Waals surface area contributed by atoms with Crippen LogP contribution in [-0.4, -0.2) is 53.1 Å². The number of hydrogen-bond acceptors (Lipinski definition) is 4. The second kappa shape index (κ2) is 8.73. The second-order valence-corrected chi connectivity index (χ2v) is 8.69. The fraction of sp³-hybridized carbons (Fsp3) is 0.400. The summed E-state index contributed by atoms with van der Waals surface area (Å²) >= 11 is 0. The molecule has 6 nitrogen and oxygen atoms in total. The van der Waals surface area contributed by atoms with Crippen LogP contribution in [0, 0.1) is 0 Å². The van der Waals surface area contributed by atoms with Crippen LogP contribution in [0.1, 0.15) is 11.1 Å². The lowest BCUT2D eigenvalue weighted by atomic mass is 10.1. The van der Waals surface area contributed by atoms with Gasteiger partial charge in [-0.25, -0.2) is 8.42 Å². The molecule has 1 fully saturated rings. The summed E-state index contributed by atoms with van der Waals surface area (Å²) in [6.07, 6.45) is 0. The number of nitrogens with zero attached hydrogens (tertiary/aromatic N) is 1. The van der Waals surface area contributed by atoms with Gasteiger partial charge in [-0.3, -0.25) is 0 Å². The van der Waals surface area contributed by atoms with Crippen molar-refractivity contribution in [1.29, 1.82) is 0 Å². The molecule has 1 aliphatic rings. The first-order chi connectivity index (χ1) is 13.0. The number of rotatable bonds is 7. The van der Waals surface area contributed by atoms with Crippen molar-refractivity contribution in [1.82, 2.24) is 4.31 Å². The molecular weight excluding hydrogens is 364 g/mol. The van der Waals surface area contributed by atoms with Crippen LogP contribution in [0.25, 0.3) is 0 Å². The molecule has 0 aromatic heterocycles. The SMILES string of the molecule is COc1cccc(C[NH+]2CCN(S(=O)(=O)Cc3ccccc3)CC2)c1OC. The highest BCUT2D eigenvalue weighted by molar-refractivity contribution is 7.88. The standard InChI is InChI=1S/C20H26N2O4S/c1-25-19-10-6-9-18(20(19)26-2)15-21-11-13-22(14-12-21)27(23,24)16-17-7-4-3-5-8-17/h3-10H,11-16H2,1-2H3/p+1. The number of nitrogens with one attached hydrogen (secondary N) is 1. The van der Waals surface area contributed by atoms with E-state index in [4.69, 9.17) is 9.47 Å². The third-order valence-electron chi connectivity index (χ3n) is 4.94. The number of methoxy groups -OCH3 is 2. The van der Waals surface area contributed by atoms with Gasteiger partial charge in [0.25, 0.3) is 0 Å². The average molecular weight is 392 g/mol. The summed E-state index contributed by atoms with van der Waals surface area (Å²) < 4.78 is 37.9. The van der Waals surface area contributed by atoms with Gasteiger partial charge in [0.1, 0.15) is 6.54 Å². The second-order valence-electron chi connectivity index (χ2n) is 6.72. The summed E-state index contributed by atoms with van der Waals surface area (Å²) in [6.45, 7) is 3.41. The minimum Gasteiger partial charge on any atom is -0.493 e. The van der Waals surface area contributed by atoms with Crippen molar-refractivity contribution >= 4 is 10.0 Å². The van der Waals surface area contributed by atoms with E-state index >= 15 is 0 Å². The van der Waals surface area contributed by atoms with E-state index in [1.807, 2.05) is 48.5 Å². The molecule has 0 aliphatic carbocycles. The molecule has 3 rings (SSSR count). The largest absolute Gasteiger partial charge is 0.493 e. The highest BCUT2D eigenvalue weighted by atomic mass is 32.2. The fourth-order valence-electron chi connectivity index (χ4n) is 3.50. The summed E-state index contributed by atoms with van der Waals surface area (Å²) in [5.74, 6) is 1.54. The van der Waals surface area contributed by atoms with Gasteiger partial charge < -0.3 is 14.4 Å². The molecule has 0 radical (unpaired) electrons. The molecule has 2 aromatic rings. The lowest BCUT2D eigenvalue weighted by molar-refractivity contribution is -0.917. The third kappa shape index (κ3) is 4.80. The zero-order valence-electron chi connectivity index (χ0n) is 15.8. The summed E-state index contributed by atoms with van der Waals surface area (Å²) in [7, 11) is -0.00741. The third-order valence-corrected chi connectivity index (χ3v) is 6.79. The smallest absolute Gasteiger partial charge is 0.218 e. The van der Waals surface area contributed by atoms with Gasteiger partial charge in [-0.1, -0.05) is 36.4 Å². The first kappa shape index (κ1) is 19.7. The Morgan fingerprint density at radius 2 is 1.67 bits per heavy atom. The van der Waals surface area contributed by atoms with Crippen LogP contribution >= 0.6 is 0 Å². The molecule has 1 aliphatic heterocycles. The van der Waals surface area contributed by atoms with Gasteiger partial charge in [0.05, 0.1) is 51.7 Å². The van der Waals surface area contributed by atoms with Crippen LogP contribution in [0.2, 0.25) is 0 Å². The predicted molar refractivity (Wildman–Crippen MR) is 105 cm³/mol. The molecule has 7 heteroatoms. The van der Waals surface area contributed by atoms with Gasteiger partial charge in [-0.05, 0) is 17.7 Å². The van der Waals surface area contributed by atoms with Crippen LogP contribution in [0.3, 0.4) is 0 Å². The molecule has 0 spiro atoms. The Labute approximate surface area is 161 Å². The Kier molecular flexibility index (Phi) is 6.36. The predicted octanol–water partition coefficient (Wildman–Crippen LogP) is 0.934. The van der Waals surface area contributed by atoms with Crippen LogP contribution < -0.4 is 14.4 Å². The topological polar surface area (TPSA) is 60.3 Å². The van der Waals surface area contributed by atoms with Crippen molar-refractivity contribution in [3.05, 3.63) is 59.7 Å². The number of para-hydroxylation sites is 1. The van der Waals surface area contributed by atoms with E-state index in [1.165, 1.54) is 4.90 Å². The van der Waals surface area contributed by atoms with Gasteiger partial charge in [0, 0.05) is 0 Å². The van der Waals surface area contributed by atoms with Gasteiger partial charge in [-0.15, -0.1) is 0 Å². The highest BCUT2D eigenvalue weighted by Crippen LogP contribution is 2.30. The molecule has 0 amide bonds. The van der Waals surface area contributed by atoms with Crippen LogP contribution in [-0.2, 0) is 22.3 Å². The van der Waals surface area contributed by atoms with Crippen molar-refractivity contribution in [2.24, 2.45) is 0 Å². The van der Waals surface area contributed by atoms with Gasteiger partial charge in [0.2, 0.25) is 10.0 Å². The first-order valence-electron chi connectivity index (χ1n) is 9.08. The van der Waals surface area contributed by atoms with Gasteiger partial charge in [-0.2, -0.15) is 4.31 Å². The number of benzene rings is 2. The number of quaternary nitrogens is 1. The summed E-state index contributed by atoms with van der Waals surface area (Å²) in [6, 6.07) is 15.2. The quantitative estimate of drug-likeness (QED) is 0.763. The van der Waals surface area contributed by atoms with E-state index in [1.54, 1.807) is 18.5 Å². The van der Waals surface area contributed by atoms with E-state index in [9.17, 15) is 8.42 Å². The first-order valence-corrected chi connectivity index (χ1v) is 10.7. The number of piperazine rings is 1. The van der Waals surface area contributed by atoms with E-state index in [2.05, 4.69) is 0 Å². The van der Waals surface area contributed by atoms with E-state index in [0.29, 0.717) is 13.1 Å². The molecular formula is C20H27N2O4S+. The zero-order valence-corrected chi connectivity index (χ0v) is 16.7. The van der Waals surface area contributed by atoms with Crippen molar-refractivity contribution in [3.8, 4) is 11.5 Å². The Hall–Kier alpha value is -2.09. The summed E-state index contributed by atoms with van der Waals surface area (Å²) in [4.78, 5) is 1.34. The van der Waals surface area contributed by atoms with E-state index in [0.717, 1.165) is 42.3 Å². The lowest BCUT2D eigenvalue weighted by Crippen LogP contribution is -3.13. The van der Waals surface area contributed by atoms with Crippen molar-refractivity contribution in [3.63, 3.8) is 0 Å². The molecule has 1 heterocycles. The normalized spacial score (nSPS) is 16.2. The Morgan fingerprint density at radius 1 is 0.963 bits per heavy atom. The molecule has 0 bridgehead atoms. The Balaban J connectivity index is 1.61. The zero-order chi connectivity index (χ0) is 19.3. The molecule has 2 aromatic carbocycles. The maximum Gasteiger partial charge on any atom is 0.218 e. The highest BCUT2D eigenvalue weighted by Gasteiger charge is 2.29. The minimum absolute atomic E-state index is 0.0624. The minimum atomic E-state index is -3.28. The average Bonchev–Trinajstić information content (AvgIpc) is 2.68. The van der Waals surface area contributed by atoms with E-state index in [-0.39, 0.29) is 5.75 Å². The Morgan fingerprint density at radius 3 is 2.30 bits per heavy atom. The van der Waals surface area contributed by atoms with Crippen molar-refractivity contribution in [2.45, 2.75) is 12.3 Å². The van der Waals surface area contributed by atoms with Gasteiger partial charge >= 0.3 is 0 Å². The fourth-order valence-corrected chi connectivity index (χ4v) is 5.03. The molecule has 1 N–H and O–H groups in total. The van der Waals surface area contributed by atoms with Crippen molar-refractivity contribution < 1.29 is 22.8 Å². The maximum atomic E-state index is 12.7. The molecule has 0 saturated carbocycles. The molecule has 1 saturated heterocycles. The summed E-state index contributed by atoms with van der Waals surface area (Å²) in [5, 5.41) is 0. The molecule has 0 atom stereocenters. The molecule has 27 heavy (non-hydrogen) atoms. The molecule has 146 valence electrons.